The molecule has 0 spiro atoms. The fourth-order valence-electron chi connectivity index (χ4n) is 1.30. The lowest BCUT2D eigenvalue weighted by molar-refractivity contribution is -0.138. The van der Waals surface area contributed by atoms with Gasteiger partial charge in [-0.3, -0.25) is 14.9 Å². The molecule has 0 aliphatic carbocycles. The van der Waals surface area contributed by atoms with E-state index in [9.17, 15) is 9.59 Å². The predicted octanol–water partition coefficient (Wildman–Crippen LogP) is 0.0184. The van der Waals surface area contributed by atoms with Gasteiger partial charge in [0.2, 0.25) is 5.91 Å². The van der Waals surface area contributed by atoms with E-state index in [1.165, 1.54) is 11.8 Å². The van der Waals surface area contributed by atoms with E-state index in [4.69, 9.17) is 5.11 Å². The molecule has 0 aromatic rings. The highest BCUT2D eigenvalue weighted by molar-refractivity contribution is 8.00. The van der Waals surface area contributed by atoms with Crippen LogP contribution in [0.2, 0.25) is 0 Å². The maximum absolute atomic E-state index is 11.3. The maximum atomic E-state index is 11.3. The van der Waals surface area contributed by atoms with Crippen molar-refractivity contribution in [3.63, 3.8) is 0 Å². The Morgan fingerprint density at radius 2 is 2.33 bits per heavy atom. The normalized spacial score (nSPS) is 25.1. The number of carbonyl (C=O) groups is 2. The summed E-state index contributed by atoms with van der Waals surface area (Å²) in [6.45, 7) is 2.67. The topological polar surface area (TPSA) is 78.4 Å². The lowest BCUT2D eigenvalue weighted by Crippen LogP contribution is -2.38. The number of carboxylic acid groups (broad SMARTS) is 1. The third-order valence-corrected chi connectivity index (χ3v) is 3.32. The van der Waals surface area contributed by atoms with Crippen molar-refractivity contribution < 1.29 is 14.7 Å². The summed E-state index contributed by atoms with van der Waals surface area (Å²) >= 11 is 1.49. The minimum absolute atomic E-state index is 0.0205. The highest BCUT2D eigenvalue weighted by atomic mass is 32.2. The third kappa shape index (κ3) is 4.09. The number of carbonyl (C=O) groups excluding carboxylic acids is 1. The van der Waals surface area contributed by atoms with Crippen molar-refractivity contribution in [2.75, 3.05) is 12.3 Å². The van der Waals surface area contributed by atoms with Gasteiger partial charge in [-0.25, -0.2) is 0 Å². The molecule has 1 aliphatic rings. The van der Waals surface area contributed by atoms with E-state index in [1.807, 2.05) is 6.92 Å². The van der Waals surface area contributed by atoms with Gasteiger partial charge in [0.25, 0.3) is 0 Å². The minimum atomic E-state index is -0.848. The Morgan fingerprint density at radius 3 is 2.87 bits per heavy atom. The first-order valence-electron chi connectivity index (χ1n) is 5.00. The Hall–Kier alpha value is -0.750. The second-order valence-corrected chi connectivity index (χ2v) is 4.67. The van der Waals surface area contributed by atoms with Crippen molar-refractivity contribution in [1.82, 2.24) is 10.6 Å². The summed E-state index contributed by atoms with van der Waals surface area (Å²) in [5.41, 5.74) is 0. The number of hydrogen-bond donors (Lipinski definition) is 3. The fraction of sp³-hybridized carbons (Fsp3) is 0.778. The van der Waals surface area contributed by atoms with Crippen LogP contribution in [-0.4, -0.2) is 40.7 Å². The molecule has 0 radical (unpaired) electrons. The summed E-state index contributed by atoms with van der Waals surface area (Å²) in [4.78, 5) is 22.0. The zero-order chi connectivity index (χ0) is 11.3. The van der Waals surface area contributed by atoms with Gasteiger partial charge in [-0.05, 0) is 6.42 Å². The van der Waals surface area contributed by atoms with Crippen LogP contribution in [0, 0.1) is 0 Å². The molecule has 86 valence electrons. The molecule has 1 heterocycles. The Kier molecular flexibility index (Phi) is 4.90. The number of carboxylic acids is 1. The largest absolute Gasteiger partial charge is 0.480 e. The van der Waals surface area contributed by atoms with Gasteiger partial charge in [-0.1, -0.05) is 6.92 Å². The smallest absolute Gasteiger partial charge is 0.321 e. The molecule has 1 unspecified atom stereocenters. The van der Waals surface area contributed by atoms with Crippen molar-refractivity contribution in [1.29, 1.82) is 0 Å². The van der Waals surface area contributed by atoms with Gasteiger partial charge < -0.3 is 10.4 Å². The molecular weight excluding hydrogens is 216 g/mol. The van der Waals surface area contributed by atoms with Crippen molar-refractivity contribution in [3.05, 3.63) is 0 Å². The van der Waals surface area contributed by atoms with Crippen LogP contribution in [0.25, 0.3) is 0 Å². The standard InChI is InChI=1S/C9H16N2O3S/c1-2-3-10-7(12)4-8-11-6(5-15-8)9(13)14/h6,8,11H,2-5H2,1H3,(H,10,12)(H,13,14)/t6-,8?/m0/s1. The van der Waals surface area contributed by atoms with Crippen LogP contribution >= 0.6 is 11.8 Å². The second-order valence-electron chi connectivity index (χ2n) is 3.43. The number of amides is 1. The first-order valence-corrected chi connectivity index (χ1v) is 6.05. The fourth-order valence-corrected chi connectivity index (χ4v) is 2.49. The van der Waals surface area contributed by atoms with E-state index in [2.05, 4.69) is 10.6 Å². The van der Waals surface area contributed by atoms with Crippen molar-refractivity contribution >= 4 is 23.6 Å². The number of nitrogens with one attached hydrogen (secondary N) is 2. The van der Waals surface area contributed by atoms with Gasteiger partial charge >= 0.3 is 5.97 Å². The molecule has 0 aromatic heterocycles. The summed E-state index contributed by atoms with van der Waals surface area (Å²) in [5.74, 6) is -0.340. The molecule has 0 saturated carbocycles. The van der Waals surface area contributed by atoms with Crippen LogP contribution in [0.15, 0.2) is 0 Å². The molecular formula is C9H16N2O3S. The van der Waals surface area contributed by atoms with Gasteiger partial charge in [0.1, 0.15) is 6.04 Å². The van der Waals surface area contributed by atoms with Crippen molar-refractivity contribution in [2.45, 2.75) is 31.2 Å². The van der Waals surface area contributed by atoms with Crippen LogP contribution in [0.3, 0.4) is 0 Å². The lowest BCUT2D eigenvalue weighted by atomic mass is 10.3. The van der Waals surface area contributed by atoms with E-state index in [0.29, 0.717) is 18.7 Å². The van der Waals surface area contributed by atoms with Crippen LogP contribution in [0.5, 0.6) is 0 Å². The molecule has 2 atom stereocenters. The predicted molar refractivity (Wildman–Crippen MR) is 58.7 cm³/mol. The molecule has 0 bridgehead atoms. The molecule has 0 aromatic carbocycles. The first kappa shape index (κ1) is 12.3. The minimum Gasteiger partial charge on any atom is -0.480 e. The number of aliphatic carboxylic acids is 1. The molecule has 3 N–H and O–H groups in total. The third-order valence-electron chi connectivity index (χ3n) is 2.09. The van der Waals surface area contributed by atoms with E-state index in [1.54, 1.807) is 0 Å². The molecule has 1 aliphatic heterocycles. The molecule has 15 heavy (non-hydrogen) atoms. The molecule has 1 saturated heterocycles. The summed E-state index contributed by atoms with van der Waals surface area (Å²) in [6.07, 6.45) is 1.25. The van der Waals surface area contributed by atoms with E-state index in [-0.39, 0.29) is 11.3 Å². The lowest BCUT2D eigenvalue weighted by Gasteiger charge is -2.10. The average molecular weight is 232 g/mol. The van der Waals surface area contributed by atoms with Gasteiger partial charge in [0, 0.05) is 12.3 Å². The molecule has 1 amide bonds. The SMILES string of the molecule is CCCNC(=O)CC1N[C@H](C(=O)O)CS1. The second kappa shape index (κ2) is 5.97. The highest BCUT2D eigenvalue weighted by Gasteiger charge is 2.30. The number of rotatable bonds is 5. The molecule has 1 fully saturated rings. The quantitative estimate of drug-likeness (QED) is 0.623. The highest BCUT2D eigenvalue weighted by Crippen LogP contribution is 2.21. The zero-order valence-electron chi connectivity index (χ0n) is 8.66. The molecule has 5 nitrogen and oxygen atoms in total. The van der Waals surface area contributed by atoms with Crippen molar-refractivity contribution in [3.8, 4) is 0 Å². The average Bonchev–Trinajstić information content (AvgIpc) is 2.63. The summed E-state index contributed by atoms with van der Waals surface area (Å²) in [7, 11) is 0. The maximum Gasteiger partial charge on any atom is 0.321 e. The van der Waals surface area contributed by atoms with E-state index >= 15 is 0 Å². The Bertz CT molecular complexity index is 248. The van der Waals surface area contributed by atoms with Crippen LogP contribution in [-0.2, 0) is 9.59 Å². The van der Waals surface area contributed by atoms with Crippen LogP contribution in [0.1, 0.15) is 19.8 Å². The van der Waals surface area contributed by atoms with Gasteiger partial charge in [0.05, 0.1) is 11.8 Å². The number of hydrogen-bond acceptors (Lipinski definition) is 4. The van der Waals surface area contributed by atoms with Crippen molar-refractivity contribution in [2.24, 2.45) is 0 Å². The van der Waals surface area contributed by atoms with Gasteiger partial charge in [0.15, 0.2) is 0 Å². The van der Waals surface area contributed by atoms with Gasteiger partial charge in [-0.2, -0.15) is 0 Å². The Balaban J connectivity index is 2.23. The van der Waals surface area contributed by atoms with Gasteiger partial charge in [-0.15, -0.1) is 11.8 Å². The summed E-state index contributed by atoms with van der Waals surface area (Å²) < 4.78 is 0. The molecule has 6 heteroatoms. The summed E-state index contributed by atoms with van der Waals surface area (Å²) in [5, 5.41) is 14.3. The zero-order valence-corrected chi connectivity index (χ0v) is 9.47. The molecule has 1 rings (SSSR count). The van der Waals surface area contributed by atoms with Crippen LogP contribution in [0.4, 0.5) is 0 Å². The first-order chi connectivity index (χ1) is 7.13. The van der Waals surface area contributed by atoms with E-state index in [0.717, 1.165) is 6.42 Å². The monoisotopic (exact) mass is 232 g/mol. The van der Waals surface area contributed by atoms with E-state index < -0.39 is 12.0 Å². The van der Waals surface area contributed by atoms with Crippen LogP contribution < -0.4 is 10.6 Å². The Morgan fingerprint density at radius 1 is 1.60 bits per heavy atom. The Labute approximate surface area is 93.0 Å². The summed E-state index contributed by atoms with van der Waals surface area (Å²) in [6, 6.07) is -0.515. The number of thioether (sulfide) groups is 1.